The summed E-state index contributed by atoms with van der Waals surface area (Å²) in [5.74, 6) is -0.434. The molecule has 0 radical (unpaired) electrons. The van der Waals surface area contributed by atoms with Crippen LogP contribution in [0.2, 0.25) is 0 Å². The molecule has 0 bridgehead atoms. The Morgan fingerprint density at radius 3 is 2.67 bits per heavy atom. The summed E-state index contributed by atoms with van der Waals surface area (Å²) >= 11 is 0. The van der Waals surface area contributed by atoms with Crippen LogP contribution in [0, 0.1) is 5.92 Å². The number of hydrogen-bond donors (Lipinski definition) is 1. The molecule has 1 N–H and O–H groups in total. The van der Waals surface area contributed by atoms with Crippen LogP contribution >= 0.6 is 0 Å². The van der Waals surface area contributed by atoms with Gasteiger partial charge in [0.15, 0.2) is 0 Å². The molecule has 0 aliphatic carbocycles. The van der Waals surface area contributed by atoms with Crippen LogP contribution in [0.4, 0.5) is 0 Å². The van der Waals surface area contributed by atoms with Gasteiger partial charge in [-0.2, -0.15) is 0 Å². The van der Waals surface area contributed by atoms with Crippen LogP contribution in [0.3, 0.4) is 0 Å². The lowest BCUT2D eigenvalue weighted by atomic mass is 9.90. The Hall–Kier alpha value is -1.35. The molecule has 1 heterocycles. The van der Waals surface area contributed by atoms with Gasteiger partial charge in [0, 0.05) is 13.1 Å². The van der Waals surface area contributed by atoms with Crippen molar-refractivity contribution < 1.29 is 9.90 Å². The van der Waals surface area contributed by atoms with Crippen LogP contribution in [0.25, 0.3) is 0 Å². The molecule has 2 rings (SSSR count). The van der Waals surface area contributed by atoms with E-state index in [9.17, 15) is 4.79 Å². The zero-order valence-corrected chi connectivity index (χ0v) is 8.76. The van der Waals surface area contributed by atoms with Gasteiger partial charge in [0.2, 0.25) is 0 Å². The fraction of sp³-hybridized carbons (Fsp3) is 0.417. The molecule has 0 saturated carbocycles. The Balaban J connectivity index is 2.00. The minimum Gasteiger partial charge on any atom is -0.480 e. The first kappa shape index (κ1) is 10.2. The molecule has 2 atom stereocenters. The molecule has 1 fully saturated rings. The first-order valence-corrected chi connectivity index (χ1v) is 5.19. The number of rotatable bonds is 3. The van der Waals surface area contributed by atoms with E-state index in [-0.39, 0.29) is 12.0 Å². The molecule has 0 spiro atoms. The Morgan fingerprint density at radius 2 is 2.13 bits per heavy atom. The summed E-state index contributed by atoms with van der Waals surface area (Å²) in [4.78, 5) is 13.0. The summed E-state index contributed by atoms with van der Waals surface area (Å²) in [6.07, 6.45) is 0. The monoisotopic (exact) mass is 205 g/mol. The van der Waals surface area contributed by atoms with Crippen molar-refractivity contribution in [2.45, 2.75) is 19.5 Å². The molecule has 3 heteroatoms. The van der Waals surface area contributed by atoms with Crippen LogP contribution in [-0.2, 0) is 11.3 Å². The lowest BCUT2D eigenvalue weighted by Crippen LogP contribution is -2.58. The third-order valence-electron chi connectivity index (χ3n) is 2.94. The summed E-state index contributed by atoms with van der Waals surface area (Å²) in [7, 11) is 0. The van der Waals surface area contributed by atoms with Crippen LogP contribution in [0.15, 0.2) is 30.3 Å². The summed E-state index contributed by atoms with van der Waals surface area (Å²) in [6, 6.07) is 9.69. The molecule has 1 aromatic rings. The zero-order chi connectivity index (χ0) is 10.8. The van der Waals surface area contributed by atoms with Crippen molar-refractivity contribution in [2.75, 3.05) is 6.54 Å². The largest absolute Gasteiger partial charge is 0.480 e. The number of carboxylic acids is 1. The van der Waals surface area contributed by atoms with Gasteiger partial charge in [-0.15, -0.1) is 0 Å². The van der Waals surface area contributed by atoms with E-state index in [4.69, 9.17) is 5.11 Å². The summed E-state index contributed by atoms with van der Waals surface area (Å²) in [5, 5.41) is 9.01. The van der Waals surface area contributed by atoms with Gasteiger partial charge in [-0.1, -0.05) is 37.3 Å². The molecular weight excluding hydrogens is 190 g/mol. The van der Waals surface area contributed by atoms with Crippen molar-refractivity contribution in [3.8, 4) is 0 Å². The Labute approximate surface area is 89.3 Å². The third-order valence-corrected chi connectivity index (χ3v) is 2.94. The van der Waals surface area contributed by atoms with Crippen molar-refractivity contribution in [2.24, 2.45) is 5.92 Å². The highest BCUT2D eigenvalue weighted by atomic mass is 16.4. The average Bonchev–Trinajstić information content (AvgIpc) is 2.17. The van der Waals surface area contributed by atoms with Gasteiger partial charge in [0.1, 0.15) is 6.04 Å². The number of hydrogen-bond acceptors (Lipinski definition) is 2. The molecule has 1 aliphatic heterocycles. The van der Waals surface area contributed by atoms with E-state index in [1.54, 1.807) is 0 Å². The molecule has 1 aromatic carbocycles. The van der Waals surface area contributed by atoms with Crippen molar-refractivity contribution in [3.63, 3.8) is 0 Å². The first-order chi connectivity index (χ1) is 7.18. The molecule has 80 valence electrons. The zero-order valence-electron chi connectivity index (χ0n) is 8.76. The number of aliphatic carboxylic acids is 1. The minimum absolute atomic E-state index is 0.270. The van der Waals surface area contributed by atoms with Gasteiger partial charge in [-0.3, -0.25) is 9.69 Å². The maximum Gasteiger partial charge on any atom is 0.321 e. The number of benzene rings is 1. The van der Waals surface area contributed by atoms with Crippen molar-refractivity contribution in [1.82, 2.24) is 4.90 Å². The minimum atomic E-state index is -0.704. The van der Waals surface area contributed by atoms with E-state index in [1.165, 1.54) is 5.56 Å². The topological polar surface area (TPSA) is 40.5 Å². The molecule has 1 aliphatic rings. The number of carboxylic acid groups (broad SMARTS) is 1. The number of likely N-dealkylation sites (tertiary alicyclic amines) is 1. The van der Waals surface area contributed by atoms with E-state index in [2.05, 4.69) is 0 Å². The highest BCUT2D eigenvalue weighted by molar-refractivity contribution is 5.75. The molecule has 0 amide bonds. The van der Waals surface area contributed by atoms with E-state index >= 15 is 0 Å². The Kier molecular flexibility index (Phi) is 2.73. The lowest BCUT2D eigenvalue weighted by molar-refractivity contribution is -0.153. The molecule has 1 saturated heterocycles. The van der Waals surface area contributed by atoms with Crippen LogP contribution < -0.4 is 0 Å². The van der Waals surface area contributed by atoms with Gasteiger partial charge in [-0.25, -0.2) is 0 Å². The SMILES string of the molecule is CC1CN(Cc2ccccc2)C1C(=O)O. The van der Waals surface area contributed by atoms with Crippen molar-refractivity contribution >= 4 is 5.97 Å². The third kappa shape index (κ3) is 2.02. The predicted octanol–water partition coefficient (Wildman–Crippen LogP) is 1.59. The molecule has 2 unspecified atom stereocenters. The Bertz CT molecular complexity index is 350. The molecule has 15 heavy (non-hydrogen) atoms. The van der Waals surface area contributed by atoms with Gasteiger partial charge in [-0.05, 0) is 11.5 Å². The van der Waals surface area contributed by atoms with E-state index < -0.39 is 5.97 Å². The van der Waals surface area contributed by atoms with Gasteiger partial charge >= 0.3 is 5.97 Å². The molecule has 3 nitrogen and oxygen atoms in total. The maximum absolute atomic E-state index is 11.0. The number of nitrogens with zero attached hydrogens (tertiary/aromatic N) is 1. The van der Waals surface area contributed by atoms with E-state index in [0.29, 0.717) is 0 Å². The second-order valence-corrected chi connectivity index (χ2v) is 4.18. The summed E-state index contributed by atoms with van der Waals surface area (Å²) in [6.45, 7) is 3.61. The fourth-order valence-corrected chi connectivity index (χ4v) is 2.19. The van der Waals surface area contributed by atoms with Crippen LogP contribution in [-0.4, -0.2) is 28.6 Å². The normalized spacial score (nSPS) is 25.9. The van der Waals surface area contributed by atoms with Gasteiger partial charge in [0.05, 0.1) is 0 Å². The fourth-order valence-electron chi connectivity index (χ4n) is 2.19. The van der Waals surface area contributed by atoms with Crippen molar-refractivity contribution in [3.05, 3.63) is 35.9 Å². The van der Waals surface area contributed by atoms with Crippen LogP contribution in [0.1, 0.15) is 12.5 Å². The summed E-state index contributed by atoms with van der Waals surface area (Å²) in [5.41, 5.74) is 1.18. The predicted molar refractivity (Wildman–Crippen MR) is 57.4 cm³/mol. The quantitative estimate of drug-likeness (QED) is 0.814. The number of carbonyl (C=O) groups is 1. The molecule has 0 aromatic heterocycles. The second kappa shape index (κ2) is 4.03. The highest BCUT2D eigenvalue weighted by Gasteiger charge is 2.40. The highest BCUT2D eigenvalue weighted by Crippen LogP contribution is 2.26. The molecular formula is C12H15NO2. The summed E-state index contributed by atoms with van der Waals surface area (Å²) < 4.78 is 0. The Morgan fingerprint density at radius 1 is 1.47 bits per heavy atom. The average molecular weight is 205 g/mol. The lowest BCUT2D eigenvalue weighted by Gasteiger charge is -2.43. The first-order valence-electron chi connectivity index (χ1n) is 5.19. The van der Waals surface area contributed by atoms with Gasteiger partial charge in [0.25, 0.3) is 0 Å². The van der Waals surface area contributed by atoms with Gasteiger partial charge < -0.3 is 5.11 Å². The smallest absolute Gasteiger partial charge is 0.321 e. The van der Waals surface area contributed by atoms with E-state index in [1.807, 2.05) is 42.2 Å². The maximum atomic E-state index is 11.0. The second-order valence-electron chi connectivity index (χ2n) is 4.18. The van der Waals surface area contributed by atoms with Crippen molar-refractivity contribution in [1.29, 1.82) is 0 Å². The van der Waals surface area contributed by atoms with Crippen LogP contribution in [0.5, 0.6) is 0 Å². The standard InChI is InChI=1S/C12H15NO2/c1-9-7-13(11(9)12(14)15)8-10-5-3-2-4-6-10/h2-6,9,11H,7-8H2,1H3,(H,14,15). The van der Waals surface area contributed by atoms with E-state index in [0.717, 1.165) is 13.1 Å².